The average Bonchev–Trinajstić information content (AvgIpc) is 3.10. The van der Waals surface area contributed by atoms with Crippen LogP contribution < -0.4 is 5.32 Å². The highest BCUT2D eigenvalue weighted by Crippen LogP contribution is 2.23. The van der Waals surface area contributed by atoms with Crippen molar-refractivity contribution in [2.24, 2.45) is 0 Å². The Morgan fingerprint density at radius 1 is 0.694 bits per heavy atom. The molecule has 1 rings (SSSR count). The Balaban J connectivity index is 2.59. The fraction of sp³-hybridized carbons (Fsp3) is 0.921. The second-order valence-electron chi connectivity index (χ2n) is 14.0. The highest BCUT2D eigenvalue weighted by molar-refractivity contribution is 5.80. The summed E-state index contributed by atoms with van der Waals surface area (Å²) in [5.74, 6) is -0.710. The number of ether oxygens (including phenoxy) is 2. The van der Waals surface area contributed by atoms with Crippen LogP contribution in [0, 0.1) is 0 Å². The predicted molar refractivity (Wildman–Crippen MR) is 192 cm³/mol. The van der Waals surface area contributed by atoms with E-state index >= 15 is 0 Å². The standard InChI is InChI=1S/C38H73NO10/c1-3-5-7-9-11-13-15-16-18-20-22-24-26-31(42)37(47)39-29(28-48-38-36(46)35(45)34(44)32(27-40)49-38)33(43)30(41)25-23-21-19-17-14-12-10-8-6-4-2/h17,19,29-36,38,40-46H,3-16,18,20-28H2,1-2H3,(H,39,47)/b19-17+. The monoisotopic (exact) mass is 704 g/mol. The summed E-state index contributed by atoms with van der Waals surface area (Å²) in [5, 5.41) is 75.1. The number of amides is 1. The molecule has 0 spiro atoms. The van der Waals surface area contributed by atoms with Crippen LogP contribution >= 0.6 is 0 Å². The second-order valence-corrected chi connectivity index (χ2v) is 14.0. The molecule has 11 heteroatoms. The number of allylic oxidation sites excluding steroid dienone is 2. The Labute approximate surface area is 296 Å². The molecule has 290 valence electrons. The minimum atomic E-state index is -1.66. The summed E-state index contributed by atoms with van der Waals surface area (Å²) in [4.78, 5) is 13.0. The normalized spacial score (nSPS) is 23.8. The summed E-state index contributed by atoms with van der Waals surface area (Å²) < 4.78 is 11.0. The minimum absolute atomic E-state index is 0.257. The first-order valence-corrected chi connectivity index (χ1v) is 19.6. The zero-order chi connectivity index (χ0) is 36.3. The molecule has 1 aliphatic rings. The SMILES string of the molecule is CCCCCCC/C=C/CCCC(O)C(O)C(COC1OC(CO)C(O)C(O)C1O)NC(=O)C(O)CCCCCCCCCCCCCC. The molecule has 1 saturated heterocycles. The van der Waals surface area contributed by atoms with Gasteiger partial charge in [-0.1, -0.05) is 129 Å². The van der Waals surface area contributed by atoms with Gasteiger partial charge in [0.1, 0.15) is 36.6 Å². The maximum atomic E-state index is 13.0. The van der Waals surface area contributed by atoms with Crippen LogP contribution in [0.3, 0.4) is 0 Å². The van der Waals surface area contributed by atoms with Crippen molar-refractivity contribution in [1.82, 2.24) is 5.32 Å². The van der Waals surface area contributed by atoms with E-state index in [-0.39, 0.29) is 12.8 Å². The lowest BCUT2D eigenvalue weighted by atomic mass is 9.98. The fourth-order valence-electron chi connectivity index (χ4n) is 6.20. The van der Waals surface area contributed by atoms with E-state index in [1.165, 1.54) is 77.0 Å². The molecule has 8 N–H and O–H groups in total. The molecule has 1 fully saturated rings. The van der Waals surface area contributed by atoms with Gasteiger partial charge in [0.2, 0.25) is 5.91 Å². The molecule has 11 nitrogen and oxygen atoms in total. The lowest BCUT2D eigenvalue weighted by Gasteiger charge is -2.40. The average molecular weight is 704 g/mol. The van der Waals surface area contributed by atoms with Crippen molar-refractivity contribution in [1.29, 1.82) is 0 Å². The van der Waals surface area contributed by atoms with Crippen LogP contribution in [0.1, 0.15) is 155 Å². The number of carbonyl (C=O) groups is 1. The van der Waals surface area contributed by atoms with Crippen LogP contribution in [0.25, 0.3) is 0 Å². The Morgan fingerprint density at radius 2 is 1.20 bits per heavy atom. The van der Waals surface area contributed by atoms with E-state index in [9.17, 15) is 40.5 Å². The topological polar surface area (TPSA) is 189 Å². The first-order chi connectivity index (χ1) is 23.7. The summed E-state index contributed by atoms with van der Waals surface area (Å²) in [6.07, 6.45) is 15.7. The largest absolute Gasteiger partial charge is 0.394 e. The Hall–Kier alpha value is -1.15. The summed E-state index contributed by atoms with van der Waals surface area (Å²) in [7, 11) is 0. The third-order valence-corrected chi connectivity index (χ3v) is 9.57. The number of hydrogen-bond donors (Lipinski definition) is 8. The van der Waals surface area contributed by atoms with E-state index in [0.717, 1.165) is 38.5 Å². The third-order valence-electron chi connectivity index (χ3n) is 9.57. The maximum absolute atomic E-state index is 13.0. The molecule has 9 unspecified atom stereocenters. The zero-order valence-electron chi connectivity index (χ0n) is 30.7. The van der Waals surface area contributed by atoms with E-state index in [1.807, 2.05) is 0 Å². The molecule has 0 aromatic carbocycles. The van der Waals surface area contributed by atoms with Gasteiger partial charge in [-0.05, 0) is 38.5 Å². The molecular formula is C38H73NO10. The molecule has 0 radical (unpaired) electrons. The highest BCUT2D eigenvalue weighted by atomic mass is 16.7. The van der Waals surface area contributed by atoms with E-state index < -0.39 is 74.2 Å². The van der Waals surface area contributed by atoms with Gasteiger partial charge >= 0.3 is 0 Å². The van der Waals surface area contributed by atoms with Crippen molar-refractivity contribution in [2.75, 3.05) is 13.2 Å². The Bertz CT molecular complexity index is 815. The van der Waals surface area contributed by atoms with Crippen molar-refractivity contribution in [3.8, 4) is 0 Å². The van der Waals surface area contributed by atoms with Gasteiger partial charge in [-0.15, -0.1) is 0 Å². The molecular weight excluding hydrogens is 630 g/mol. The van der Waals surface area contributed by atoms with Gasteiger partial charge in [0, 0.05) is 0 Å². The molecule has 0 aromatic rings. The number of aliphatic hydroxyl groups excluding tert-OH is 7. The smallest absolute Gasteiger partial charge is 0.249 e. The van der Waals surface area contributed by atoms with Crippen LogP contribution in [0.4, 0.5) is 0 Å². The number of aliphatic hydroxyl groups is 7. The molecule has 49 heavy (non-hydrogen) atoms. The minimum Gasteiger partial charge on any atom is -0.394 e. The first kappa shape index (κ1) is 45.9. The van der Waals surface area contributed by atoms with Crippen molar-refractivity contribution < 1.29 is 50.0 Å². The van der Waals surface area contributed by atoms with Crippen molar-refractivity contribution in [2.45, 2.75) is 210 Å². The van der Waals surface area contributed by atoms with E-state index in [2.05, 4.69) is 31.3 Å². The summed E-state index contributed by atoms with van der Waals surface area (Å²) >= 11 is 0. The van der Waals surface area contributed by atoms with E-state index in [1.54, 1.807) is 0 Å². The lowest BCUT2D eigenvalue weighted by Crippen LogP contribution is -2.60. The molecule has 1 amide bonds. The van der Waals surface area contributed by atoms with Gasteiger partial charge < -0.3 is 50.5 Å². The van der Waals surface area contributed by atoms with E-state index in [4.69, 9.17) is 9.47 Å². The van der Waals surface area contributed by atoms with Crippen LogP contribution in [-0.4, -0.2) is 110 Å². The zero-order valence-corrected chi connectivity index (χ0v) is 30.7. The van der Waals surface area contributed by atoms with Crippen LogP contribution in [0.15, 0.2) is 12.2 Å². The van der Waals surface area contributed by atoms with Crippen molar-refractivity contribution in [3.05, 3.63) is 12.2 Å². The highest BCUT2D eigenvalue weighted by Gasteiger charge is 2.44. The number of unbranched alkanes of at least 4 members (excludes halogenated alkanes) is 17. The Kier molecular flexibility index (Phi) is 27.6. The quantitative estimate of drug-likeness (QED) is 0.0376. The van der Waals surface area contributed by atoms with Gasteiger partial charge in [-0.2, -0.15) is 0 Å². The van der Waals surface area contributed by atoms with Gasteiger partial charge in [-0.3, -0.25) is 4.79 Å². The maximum Gasteiger partial charge on any atom is 0.249 e. The van der Waals surface area contributed by atoms with Crippen molar-refractivity contribution >= 4 is 5.91 Å². The van der Waals surface area contributed by atoms with Crippen LogP contribution in [-0.2, 0) is 14.3 Å². The van der Waals surface area contributed by atoms with E-state index in [0.29, 0.717) is 12.8 Å². The van der Waals surface area contributed by atoms with Gasteiger partial charge in [0.15, 0.2) is 6.29 Å². The molecule has 1 heterocycles. The Morgan fingerprint density at radius 3 is 1.76 bits per heavy atom. The number of hydrogen-bond acceptors (Lipinski definition) is 10. The molecule has 0 saturated carbocycles. The number of rotatable bonds is 31. The van der Waals surface area contributed by atoms with Gasteiger partial charge in [-0.25, -0.2) is 0 Å². The molecule has 0 aromatic heterocycles. The first-order valence-electron chi connectivity index (χ1n) is 19.6. The number of nitrogens with one attached hydrogen (secondary N) is 1. The summed E-state index contributed by atoms with van der Waals surface area (Å²) in [6.45, 7) is 3.35. The number of carbonyl (C=O) groups excluding carboxylic acids is 1. The molecule has 1 aliphatic heterocycles. The fourth-order valence-corrected chi connectivity index (χ4v) is 6.20. The van der Waals surface area contributed by atoms with Crippen LogP contribution in [0.5, 0.6) is 0 Å². The lowest BCUT2D eigenvalue weighted by molar-refractivity contribution is -0.303. The second kappa shape index (κ2) is 29.4. The van der Waals surface area contributed by atoms with Gasteiger partial charge in [0.05, 0.1) is 25.4 Å². The van der Waals surface area contributed by atoms with Crippen LogP contribution in [0.2, 0.25) is 0 Å². The predicted octanol–water partition coefficient (Wildman–Crippen LogP) is 4.55. The molecule has 0 aliphatic carbocycles. The third kappa shape index (κ3) is 20.5. The summed E-state index contributed by atoms with van der Waals surface area (Å²) in [5.41, 5.74) is 0. The van der Waals surface area contributed by atoms with Gasteiger partial charge in [0.25, 0.3) is 0 Å². The molecule has 9 atom stereocenters. The molecule has 0 bridgehead atoms. The van der Waals surface area contributed by atoms with Crippen molar-refractivity contribution in [3.63, 3.8) is 0 Å². The summed E-state index contributed by atoms with van der Waals surface area (Å²) in [6, 6.07) is -1.18.